The number of nitrogens with one attached hydrogen (secondary N) is 3. The molecule has 2 amide bonds. The number of sulfonamides is 1. The third-order valence-corrected chi connectivity index (χ3v) is 5.96. The van der Waals surface area contributed by atoms with E-state index in [9.17, 15) is 18.0 Å². The van der Waals surface area contributed by atoms with Gasteiger partial charge in [0.1, 0.15) is 0 Å². The van der Waals surface area contributed by atoms with E-state index < -0.39 is 10.0 Å². The van der Waals surface area contributed by atoms with Gasteiger partial charge < -0.3 is 10.6 Å². The van der Waals surface area contributed by atoms with E-state index in [1.165, 1.54) is 24.3 Å². The van der Waals surface area contributed by atoms with Gasteiger partial charge in [-0.2, -0.15) is 0 Å². The van der Waals surface area contributed by atoms with Gasteiger partial charge in [0, 0.05) is 29.9 Å². The number of carbonyl (C=O) groups excluding carboxylic acids is 2. The highest BCUT2D eigenvalue weighted by Gasteiger charge is 2.17. The summed E-state index contributed by atoms with van der Waals surface area (Å²) in [5.41, 5.74) is 2.15. The summed E-state index contributed by atoms with van der Waals surface area (Å²) in [7, 11) is -2.06. The number of anilines is 1. The minimum absolute atomic E-state index is 0.107. The van der Waals surface area contributed by atoms with Crippen molar-refractivity contribution in [3.63, 3.8) is 0 Å². The van der Waals surface area contributed by atoms with Crippen molar-refractivity contribution in [1.29, 1.82) is 0 Å². The van der Waals surface area contributed by atoms with Gasteiger partial charge in [0.15, 0.2) is 0 Å². The van der Waals surface area contributed by atoms with Crippen molar-refractivity contribution < 1.29 is 18.0 Å². The van der Waals surface area contributed by atoms with E-state index in [1.807, 2.05) is 6.92 Å². The minimum Gasteiger partial charge on any atom is -0.355 e. The van der Waals surface area contributed by atoms with Gasteiger partial charge in [-0.15, -0.1) is 0 Å². The molecule has 3 N–H and O–H groups in total. The molecule has 0 aliphatic carbocycles. The molecular formula is C20H25N3O4S. The van der Waals surface area contributed by atoms with E-state index >= 15 is 0 Å². The van der Waals surface area contributed by atoms with Crippen LogP contribution < -0.4 is 15.4 Å². The molecule has 2 rings (SSSR count). The Hall–Kier alpha value is -2.71. The lowest BCUT2D eigenvalue weighted by atomic mass is 10.1. The fraction of sp³-hybridized carbons (Fsp3) is 0.300. The van der Waals surface area contributed by atoms with Crippen LogP contribution >= 0.6 is 0 Å². The number of benzene rings is 2. The molecule has 0 fully saturated rings. The first-order valence-corrected chi connectivity index (χ1v) is 10.4. The fourth-order valence-corrected chi connectivity index (χ4v) is 3.81. The normalized spacial score (nSPS) is 12.3. The molecule has 0 radical (unpaired) electrons. The molecule has 1 unspecified atom stereocenters. The van der Waals surface area contributed by atoms with Crippen LogP contribution in [0.2, 0.25) is 0 Å². The second-order valence-electron chi connectivity index (χ2n) is 6.52. The summed E-state index contributed by atoms with van der Waals surface area (Å²) in [6, 6.07) is 10.5. The van der Waals surface area contributed by atoms with Gasteiger partial charge >= 0.3 is 0 Å². The predicted molar refractivity (Wildman–Crippen MR) is 109 cm³/mol. The maximum Gasteiger partial charge on any atom is 0.255 e. The molecule has 0 heterocycles. The van der Waals surface area contributed by atoms with Gasteiger partial charge in [0.25, 0.3) is 11.8 Å². The number of aryl methyl sites for hydroxylation is 1. The summed E-state index contributed by atoms with van der Waals surface area (Å²) in [5, 5.41) is 5.32. The SMILES string of the molecule is CCC(C)NS(=O)(=O)c1ccc(C(=O)Nc2ccc(C(=O)NC)cc2C)cc1. The summed E-state index contributed by atoms with van der Waals surface area (Å²) >= 11 is 0. The van der Waals surface area contributed by atoms with Gasteiger partial charge in [0.05, 0.1) is 4.90 Å². The molecule has 7 nitrogen and oxygen atoms in total. The van der Waals surface area contributed by atoms with Crippen LogP contribution in [0.25, 0.3) is 0 Å². The summed E-state index contributed by atoms with van der Waals surface area (Å²) < 4.78 is 27.1. The summed E-state index contributed by atoms with van der Waals surface area (Å²) in [6.45, 7) is 5.47. The zero-order valence-electron chi connectivity index (χ0n) is 16.4. The maximum atomic E-state index is 12.5. The lowest BCUT2D eigenvalue weighted by molar-refractivity contribution is 0.0962. The molecule has 0 aliphatic rings. The van der Waals surface area contributed by atoms with Crippen molar-refractivity contribution in [2.75, 3.05) is 12.4 Å². The monoisotopic (exact) mass is 403 g/mol. The molecule has 0 aliphatic heterocycles. The van der Waals surface area contributed by atoms with Crippen LogP contribution in [-0.2, 0) is 10.0 Å². The first-order valence-electron chi connectivity index (χ1n) is 8.94. The average molecular weight is 404 g/mol. The Labute approximate surface area is 165 Å². The molecule has 2 aromatic carbocycles. The molecule has 1 atom stereocenters. The Kier molecular flexibility index (Phi) is 6.93. The summed E-state index contributed by atoms with van der Waals surface area (Å²) in [4.78, 5) is 24.2. The molecule has 8 heteroatoms. The van der Waals surface area contributed by atoms with E-state index in [2.05, 4.69) is 15.4 Å². The van der Waals surface area contributed by atoms with E-state index in [-0.39, 0.29) is 22.8 Å². The Morgan fingerprint density at radius 1 is 1.00 bits per heavy atom. The average Bonchev–Trinajstić information content (AvgIpc) is 2.68. The van der Waals surface area contributed by atoms with Crippen LogP contribution in [0.15, 0.2) is 47.4 Å². The largest absolute Gasteiger partial charge is 0.355 e. The van der Waals surface area contributed by atoms with Crippen LogP contribution in [0.5, 0.6) is 0 Å². The second kappa shape index (κ2) is 8.99. The number of hydrogen-bond donors (Lipinski definition) is 3. The van der Waals surface area contributed by atoms with E-state index in [0.29, 0.717) is 23.2 Å². The predicted octanol–water partition coefficient (Wildman–Crippen LogP) is 2.68. The van der Waals surface area contributed by atoms with Gasteiger partial charge in [-0.1, -0.05) is 6.92 Å². The molecule has 2 aromatic rings. The smallest absolute Gasteiger partial charge is 0.255 e. The van der Waals surface area contributed by atoms with Gasteiger partial charge in [-0.3, -0.25) is 9.59 Å². The highest BCUT2D eigenvalue weighted by atomic mass is 32.2. The van der Waals surface area contributed by atoms with Crippen LogP contribution in [0, 0.1) is 6.92 Å². The van der Waals surface area contributed by atoms with Gasteiger partial charge in [0.2, 0.25) is 10.0 Å². The molecule has 0 saturated carbocycles. The van der Waals surface area contributed by atoms with Crippen molar-refractivity contribution in [3.05, 3.63) is 59.2 Å². The van der Waals surface area contributed by atoms with Gasteiger partial charge in [-0.05, 0) is 68.3 Å². The van der Waals surface area contributed by atoms with Crippen molar-refractivity contribution in [3.8, 4) is 0 Å². The highest BCUT2D eigenvalue weighted by molar-refractivity contribution is 7.89. The quantitative estimate of drug-likeness (QED) is 0.661. The van der Waals surface area contributed by atoms with Crippen molar-refractivity contribution >= 4 is 27.5 Å². The van der Waals surface area contributed by atoms with E-state index in [1.54, 1.807) is 39.1 Å². The third kappa shape index (κ3) is 5.17. The molecule has 0 aromatic heterocycles. The minimum atomic E-state index is -3.61. The third-order valence-electron chi connectivity index (χ3n) is 4.36. The number of amides is 2. The molecule has 0 spiro atoms. The Morgan fingerprint density at radius 2 is 1.61 bits per heavy atom. The molecule has 0 bridgehead atoms. The number of hydrogen-bond acceptors (Lipinski definition) is 4. The van der Waals surface area contributed by atoms with Crippen LogP contribution in [-0.4, -0.2) is 33.3 Å². The van der Waals surface area contributed by atoms with Crippen molar-refractivity contribution in [1.82, 2.24) is 10.0 Å². The standard InChI is InChI=1S/C20H25N3O4S/c1-5-14(3)23-28(26,27)17-9-6-15(7-10-17)20(25)22-18-11-8-16(12-13(18)2)19(24)21-4/h6-12,14,23H,5H2,1-4H3,(H,21,24)(H,22,25). The van der Waals surface area contributed by atoms with Crippen LogP contribution in [0.3, 0.4) is 0 Å². The Morgan fingerprint density at radius 3 is 2.14 bits per heavy atom. The van der Waals surface area contributed by atoms with Gasteiger partial charge in [-0.25, -0.2) is 13.1 Å². The lowest BCUT2D eigenvalue weighted by Crippen LogP contribution is -2.32. The number of rotatable bonds is 7. The summed E-state index contributed by atoms with van der Waals surface area (Å²) in [5.74, 6) is -0.571. The van der Waals surface area contributed by atoms with Crippen molar-refractivity contribution in [2.45, 2.75) is 38.1 Å². The lowest BCUT2D eigenvalue weighted by Gasteiger charge is -2.13. The number of carbonyl (C=O) groups is 2. The zero-order chi connectivity index (χ0) is 20.9. The van der Waals surface area contributed by atoms with Crippen LogP contribution in [0.1, 0.15) is 46.5 Å². The van der Waals surface area contributed by atoms with Crippen LogP contribution in [0.4, 0.5) is 5.69 Å². The van der Waals surface area contributed by atoms with E-state index in [4.69, 9.17) is 0 Å². The first-order chi connectivity index (χ1) is 13.2. The molecule has 150 valence electrons. The maximum absolute atomic E-state index is 12.5. The fourth-order valence-electron chi connectivity index (χ4n) is 2.49. The topological polar surface area (TPSA) is 104 Å². The zero-order valence-corrected chi connectivity index (χ0v) is 17.2. The molecule has 0 saturated heterocycles. The van der Waals surface area contributed by atoms with Crippen molar-refractivity contribution in [2.24, 2.45) is 0 Å². The Balaban J connectivity index is 2.14. The second-order valence-corrected chi connectivity index (χ2v) is 8.23. The molecule has 28 heavy (non-hydrogen) atoms. The molecular weight excluding hydrogens is 378 g/mol. The first kappa shape index (κ1) is 21.6. The van der Waals surface area contributed by atoms with E-state index in [0.717, 1.165) is 5.56 Å². The Bertz CT molecular complexity index is 969. The summed E-state index contributed by atoms with van der Waals surface area (Å²) in [6.07, 6.45) is 0.678. The highest BCUT2D eigenvalue weighted by Crippen LogP contribution is 2.18.